The van der Waals surface area contributed by atoms with Gasteiger partial charge in [0.15, 0.2) is 0 Å². The molecule has 5 heteroatoms. The van der Waals surface area contributed by atoms with Gasteiger partial charge in [0.1, 0.15) is 5.82 Å². The molecule has 0 aliphatic carbocycles. The van der Waals surface area contributed by atoms with Crippen LogP contribution in [0.1, 0.15) is 29.1 Å². The van der Waals surface area contributed by atoms with Crippen LogP contribution in [0.4, 0.5) is 0 Å². The average molecular weight is 321 g/mol. The smallest absolute Gasteiger partial charge is 0.110 e. The Morgan fingerprint density at radius 3 is 3.08 bits per heavy atom. The van der Waals surface area contributed by atoms with Gasteiger partial charge in [0.25, 0.3) is 0 Å². The van der Waals surface area contributed by atoms with Gasteiger partial charge in [-0.25, -0.2) is 9.67 Å². The van der Waals surface area contributed by atoms with E-state index in [0.29, 0.717) is 6.04 Å². The van der Waals surface area contributed by atoms with Crippen molar-refractivity contribution in [1.29, 1.82) is 0 Å². The van der Waals surface area contributed by atoms with Crippen LogP contribution in [0.2, 0.25) is 0 Å². The maximum Gasteiger partial charge on any atom is 0.110 e. The molecule has 0 spiro atoms. The van der Waals surface area contributed by atoms with Gasteiger partial charge in [0, 0.05) is 49.7 Å². The Labute approximate surface area is 142 Å². The number of aryl methyl sites for hydroxylation is 3. The Morgan fingerprint density at radius 2 is 2.21 bits per heavy atom. The summed E-state index contributed by atoms with van der Waals surface area (Å²) in [4.78, 5) is 4.44. The van der Waals surface area contributed by atoms with Gasteiger partial charge in [-0.15, -0.1) is 0 Å². The van der Waals surface area contributed by atoms with Crippen LogP contribution in [-0.2, 0) is 19.5 Å². The Kier molecular flexibility index (Phi) is 3.94. The lowest BCUT2D eigenvalue weighted by Gasteiger charge is -2.24. The highest BCUT2D eigenvalue weighted by Crippen LogP contribution is 2.16. The van der Waals surface area contributed by atoms with Crippen molar-refractivity contribution in [3.63, 3.8) is 0 Å². The summed E-state index contributed by atoms with van der Waals surface area (Å²) < 4.78 is 4.23. The number of hydrogen-bond donors (Lipinski definition) is 1. The van der Waals surface area contributed by atoms with E-state index in [1.54, 1.807) is 0 Å². The summed E-state index contributed by atoms with van der Waals surface area (Å²) in [6.45, 7) is 6.09. The quantitative estimate of drug-likeness (QED) is 0.804. The zero-order chi connectivity index (χ0) is 16.5. The summed E-state index contributed by atoms with van der Waals surface area (Å²) in [6, 6.07) is 8.92. The number of aromatic nitrogens is 4. The first-order chi connectivity index (χ1) is 11.7. The molecule has 0 saturated carbocycles. The van der Waals surface area contributed by atoms with Gasteiger partial charge in [0.2, 0.25) is 0 Å². The maximum atomic E-state index is 4.67. The topological polar surface area (TPSA) is 47.7 Å². The van der Waals surface area contributed by atoms with Crippen molar-refractivity contribution in [3.05, 3.63) is 65.5 Å². The first-order valence-electron chi connectivity index (χ1n) is 8.54. The van der Waals surface area contributed by atoms with Crippen LogP contribution in [0.25, 0.3) is 5.69 Å². The summed E-state index contributed by atoms with van der Waals surface area (Å²) in [7, 11) is 0. The molecule has 1 atom stereocenters. The Hall–Kier alpha value is -2.40. The minimum absolute atomic E-state index is 0.488. The molecule has 0 saturated heterocycles. The number of nitrogens with zero attached hydrogens (tertiary/aromatic N) is 4. The van der Waals surface area contributed by atoms with E-state index in [0.717, 1.165) is 37.3 Å². The number of imidazole rings is 1. The average Bonchev–Trinajstić information content (AvgIpc) is 3.19. The normalized spacial score (nSPS) is 17.0. The van der Waals surface area contributed by atoms with Crippen molar-refractivity contribution in [2.45, 2.75) is 45.8 Å². The molecule has 0 amide bonds. The molecular weight excluding hydrogens is 298 g/mol. The van der Waals surface area contributed by atoms with Crippen LogP contribution >= 0.6 is 0 Å². The van der Waals surface area contributed by atoms with E-state index < -0.39 is 0 Å². The van der Waals surface area contributed by atoms with Crippen molar-refractivity contribution in [1.82, 2.24) is 24.6 Å². The second-order valence-electron chi connectivity index (χ2n) is 6.63. The first kappa shape index (κ1) is 15.1. The third-order valence-corrected chi connectivity index (χ3v) is 4.80. The molecule has 0 bridgehead atoms. The molecule has 124 valence electrons. The standard InChI is InChI=1S/C19H23N5/c1-14-4-3-5-18(10-14)24-13-16(15(2)22-24)12-21-17-6-8-23-9-7-20-19(23)11-17/h3-5,7,9-10,13,17,21H,6,8,11-12H2,1-2H3. The van der Waals surface area contributed by atoms with Crippen molar-refractivity contribution in [2.75, 3.05) is 0 Å². The zero-order valence-electron chi connectivity index (χ0n) is 14.2. The van der Waals surface area contributed by atoms with E-state index >= 15 is 0 Å². The fourth-order valence-electron chi connectivity index (χ4n) is 3.35. The molecule has 1 aromatic carbocycles. The van der Waals surface area contributed by atoms with E-state index in [1.807, 2.05) is 10.9 Å². The van der Waals surface area contributed by atoms with Crippen molar-refractivity contribution in [3.8, 4) is 5.69 Å². The van der Waals surface area contributed by atoms with Crippen LogP contribution in [-0.4, -0.2) is 25.4 Å². The lowest BCUT2D eigenvalue weighted by Crippen LogP contribution is -2.36. The number of fused-ring (bicyclic) bond motifs is 1. The molecule has 1 aliphatic rings. The molecule has 3 aromatic rings. The molecule has 5 nitrogen and oxygen atoms in total. The molecule has 24 heavy (non-hydrogen) atoms. The van der Waals surface area contributed by atoms with Crippen LogP contribution in [0, 0.1) is 13.8 Å². The first-order valence-corrected chi connectivity index (χ1v) is 8.54. The summed E-state index contributed by atoms with van der Waals surface area (Å²) in [6.07, 6.45) is 8.25. The van der Waals surface area contributed by atoms with Gasteiger partial charge in [-0.05, 0) is 38.0 Å². The van der Waals surface area contributed by atoms with Crippen LogP contribution in [0.3, 0.4) is 0 Å². The Balaban J connectivity index is 1.44. The molecule has 2 aromatic heterocycles. The molecule has 1 unspecified atom stereocenters. The maximum absolute atomic E-state index is 4.67. The molecule has 1 N–H and O–H groups in total. The Morgan fingerprint density at radius 1 is 1.29 bits per heavy atom. The van der Waals surface area contributed by atoms with Crippen LogP contribution in [0.5, 0.6) is 0 Å². The SMILES string of the molecule is Cc1cccc(-n2cc(CNC3CCn4ccnc4C3)c(C)n2)c1. The largest absolute Gasteiger partial charge is 0.335 e. The number of rotatable bonds is 4. The Bertz CT molecular complexity index is 845. The van der Waals surface area contributed by atoms with E-state index in [1.165, 1.54) is 17.0 Å². The second-order valence-corrected chi connectivity index (χ2v) is 6.63. The predicted molar refractivity (Wildman–Crippen MR) is 94.2 cm³/mol. The number of benzene rings is 1. The van der Waals surface area contributed by atoms with Gasteiger partial charge in [-0.1, -0.05) is 12.1 Å². The third-order valence-electron chi connectivity index (χ3n) is 4.80. The van der Waals surface area contributed by atoms with Crippen molar-refractivity contribution >= 4 is 0 Å². The van der Waals surface area contributed by atoms with Gasteiger partial charge in [-0.3, -0.25) is 0 Å². The summed E-state index contributed by atoms with van der Waals surface area (Å²) in [5.74, 6) is 1.19. The summed E-state index contributed by atoms with van der Waals surface area (Å²) in [5.41, 5.74) is 4.70. The molecule has 0 fully saturated rings. The second kappa shape index (κ2) is 6.24. The minimum atomic E-state index is 0.488. The van der Waals surface area contributed by atoms with Crippen molar-refractivity contribution < 1.29 is 0 Å². The fourth-order valence-corrected chi connectivity index (χ4v) is 3.35. The predicted octanol–water partition coefficient (Wildman–Crippen LogP) is 2.79. The monoisotopic (exact) mass is 321 g/mol. The van der Waals surface area contributed by atoms with Crippen molar-refractivity contribution in [2.24, 2.45) is 0 Å². The minimum Gasteiger partial charge on any atom is -0.335 e. The van der Waals surface area contributed by atoms with Gasteiger partial charge >= 0.3 is 0 Å². The summed E-state index contributed by atoms with van der Waals surface area (Å²) >= 11 is 0. The third kappa shape index (κ3) is 2.99. The van der Waals surface area contributed by atoms with E-state index in [-0.39, 0.29) is 0 Å². The van der Waals surface area contributed by atoms with E-state index in [9.17, 15) is 0 Å². The summed E-state index contributed by atoms with van der Waals surface area (Å²) in [5, 5.41) is 8.35. The van der Waals surface area contributed by atoms with Gasteiger partial charge < -0.3 is 9.88 Å². The fraction of sp³-hybridized carbons (Fsp3) is 0.368. The van der Waals surface area contributed by atoms with Gasteiger partial charge in [0.05, 0.1) is 11.4 Å². The molecule has 3 heterocycles. The van der Waals surface area contributed by atoms with Crippen LogP contribution in [0.15, 0.2) is 42.9 Å². The highest BCUT2D eigenvalue weighted by atomic mass is 15.3. The van der Waals surface area contributed by atoms with E-state index in [2.05, 4.69) is 70.5 Å². The van der Waals surface area contributed by atoms with E-state index in [4.69, 9.17) is 0 Å². The van der Waals surface area contributed by atoms with Gasteiger partial charge in [-0.2, -0.15) is 5.10 Å². The molecule has 0 radical (unpaired) electrons. The lowest BCUT2D eigenvalue weighted by molar-refractivity contribution is 0.392. The number of hydrogen-bond acceptors (Lipinski definition) is 3. The van der Waals surface area contributed by atoms with Crippen LogP contribution < -0.4 is 5.32 Å². The highest BCUT2D eigenvalue weighted by Gasteiger charge is 2.19. The number of nitrogens with one attached hydrogen (secondary N) is 1. The molecule has 1 aliphatic heterocycles. The molecular formula is C19H23N5. The molecule has 4 rings (SSSR count). The highest BCUT2D eigenvalue weighted by molar-refractivity contribution is 5.36. The zero-order valence-corrected chi connectivity index (χ0v) is 14.2. The lowest BCUT2D eigenvalue weighted by atomic mass is 10.1.